The maximum Gasteiger partial charge on any atom is 0.163 e. The van der Waals surface area contributed by atoms with Crippen LogP contribution in [0.4, 0.5) is 0 Å². The lowest BCUT2D eigenvalue weighted by atomic mass is 10.2. The first-order valence-corrected chi connectivity index (χ1v) is 5.65. The Kier molecular flexibility index (Phi) is 3.74. The third kappa shape index (κ3) is 2.75. The van der Waals surface area contributed by atoms with E-state index in [4.69, 9.17) is 4.74 Å². The first-order chi connectivity index (χ1) is 8.70. The third-order valence-electron chi connectivity index (χ3n) is 2.49. The number of benzene rings is 1. The van der Waals surface area contributed by atoms with Gasteiger partial charge in [0.1, 0.15) is 12.0 Å². The van der Waals surface area contributed by atoms with Gasteiger partial charge in [-0.2, -0.15) is 0 Å². The normalized spacial score (nSPS) is 12.1. The van der Waals surface area contributed by atoms with Gasteiger partial charge in [0.15, 0.2) is 11.6 Å². The first kappa shape index (κ1) is 12.3. The molecule has 0 aliphatic rings. The van der Waals surface area contributed by atoms with Crippen molar-refractivity contribution in [2.24, 2.45) is 0 Å². The summed E-state index contributed by atoms with van der Waals surface area (Å²) in [5, 5.41) is 12.6. The summed E-state index contributed by atoms with van der Waals surface area (Å²) in [5.41, 5.74) is 0.603. The lowest BCUT2D eigenvalue weighted by Crippen LogP contribution is -2.27. The molecule has 2 aromatic rings. The van der Waals surface area contributed by atoms with Gasteiger partial charge in [-0.3, -0.25) is 5.32 Å². The van der Waals surface area contributed by atoms with E-state index in [2.05, 4.69) is 15.3 Å². The highest BCUT2D eigenvalue weighted by Gasteiger charge is 2.07. The van der Waals surface area contributed by atoms with Crippen LogP contribution in [0.5, 0.6) is 11.5 Å². The molecule has 1 aromatic heterocycles. The van der Waals surface area contributed by atoms with Crippen molar-refractivity contribution in [3.8, 4) is 22.9 Å². The number of aromatic nitrogens is 2. The molecule has 94 valence electrons. The van der Waals surface area contributed by atoms with Crippen molar-refractivity contribution < 1.29 is 9.84 Å². The van der Waals surface area contributed by atoms with E-state index in [1.807, 2.05) is 20.0 Å². The lowest BCUT2D eigenvalue weighted by Gasteiger charge is -2.12. The quantitative estimate of drug-likeness (QED) is 0.804. The van der Waals surface area contributed by atoms with Crippen molar-refractivity contribution in [1.29, 1.82) is 0 Å². The van der Waals surface area contributed by atoms with Gasteiger partial charge >= 0.3 is 0 Å². The minimum atomic E-state index is -0.107. The standard InChI is InChI=1S/C13H15N3O2/c1-9(14-2)18-10-7-15-13(16-8-10)11-5-3-4-6-12(11)17/h3-9,14,17H,1-2H3. The maximum atomic E-state index is 9.70. The first-order valence-electron chi connectivity index (χ1n) is 5.65. The number of rotatable bonds is 4. The van der Waals surface area contributed by atoms with E-state index in [1.54, 1.807) is 30.6 Å². The van der Waals surface area contributed by atoms with Crippen molar-refractivity contribution in [2.75, 3.05) is 7.05 Å². The molecule has 2 rings (SSSR count). The number of para-hydroxylation sites is 1. The Hall–Kier alpha value is -2.14. The molecule has 0 saturated heterocycles. The van der Waals surface area contributed by atoms with Gasteiger partial charge in [-0.1, -0.05) is 12.1 Å². The van der Waals surface area contributed by atoms with Crippen molar-refractivity contribution >= 4 is 0 Å². The van der Waals surface area contributed by atoms with Gasteiger partial charge in [0.25, 0.3) is 0 Å². The number of aromatic hydroxyl groups is 1. The topological polar surface area (TPSA) is 67.3 Å². The molecule has 0 spiro atoms. The molecule has 1 heterocycles. The average Bonchev–Trinajstić information content (AvgIpc) is 2.40. The van der Waals surface area contributed by atoms with E-state index in [1.165, 1.54) is 0 Å². The maximum absolute atomic E-state index is 9.70. The van der Waals surface area contributed by atoms with Crippen LogP contribution < -0.4 is 10.1 Å². The summed E-state index contributed by atoms with van der Waals surface area (Å²) in [6, 6.07) is 6.95. The van der Waals surface area contributed by atoms with Crippen LogP contribution in [0.3, 0.4) is 0 Å². The van der Waals surface area contributed by atoms with Gasteiger partial charge in [-0.05, 0) is 26.1 Å². The fourth-order valence-electron chi connectivity index (χ4n) is 1.44. The van der Waals surface area contributed by atoms with E-state index in [0.717, 1.165) is 0 Å². The van der Waals surface area contributed by atoms with Crippen LogP contribution >= 0.6 is 0 Å². The highest BCUT2D eigenvalue weighted by Crippen LogP contribution is 2.25. The number of phenolic OH excluding ortho intramolecular Hbond substituents is 1. The largest absolute Gasteiger partial charge is 0.507 e. The Balaban J connectivity index is 2.20. The van der Waals surface area contributed by atoms with Gasteiger partial charge in [-0.15, -0.1) is 0 Å². The molecule has 2 N–H and O–H groups in total. The molecular formula is C13H15N3O2. The second-order valence-corrected chi connectivity index (χ2v) is 3.81. The van der Waals surface area contributed by atoms with Crippen LogP contribution in [0.25, 0.3) is 11.4 Å². The van der Waals surface area contributed by atoms with Crippen LogP contribution in [0.2, 0.25) is 0 Å². The number of phenols is 1. The van der Waals surface area contributed by atoms with Crippen LogP contribution in [0.15, 0.2) is 36.7 Å². The van der Waals surface area contributed by atoms with Crippen molar-refractivity contribution in [3.05, 3.63) is 36.7 Å². The lowest BCUT2D eigenvalue weighted by molar-refractivity contribution is 0.192. The molecule has 0 bridgehead atoms. The van der Waals surface area contributed by atoms with Crippen molar-refractivity contribution in [2.45, 2.75) is 13.2 Å². The van der Waals surface area contributed by atoms with Crippen LogP contribution in [0, 0.1) is 0 Å². The fraction of sp³-hybridized carbons (Fsp3) is 0.231. The summed E-state index contributed by atoms with van der Waals surface area (Å²) < 4.78 is 5.49. The minimum absolute atomic E-state index is 0.107. The zero-order valence-corrected chi connectivity index (χ0v) is 10.3. The Labute approximate surface area is 105 Å². The van der Waals surface area contributed by atoms with Gasteiger partial charge in [0, 0.05) is 0 Å². The molecule has 1 aromatic carbocycles. The van der Waals surface area contributed by atoms with E-state index in [-0.39, 0.29) is 12.0 Å². The van der Waals surface area contributed by atoms with E-state index >= 15 is 0 Å². The van der Waals surface area contributed by atoms with Crippen molar-refractivity contribution in [1.82, 2.24) is 15.3 Å². The fourth-order valence-corrected chi connectivity index (χ4v) is 1.44. The van der Waals surface area contributed by atoms with Crippen LogP contribution in [0.1, 0.15) is 6.92 Å². The summed E-state index contributed by atoms with van der Waals surface area (Å²) in [6.07, 6.45) is 3.06. The monoisotopic (exact) mass is 245 g/mol. The summed E-state index contributed by atoms with van der Waals surface area (Å²) in [7, 11) is 1.81. The zero-order valence-electron chi connectivity index (χ0n) is 10.3. The molecule has 1 atom stereocenters. The zero-order chi connectivity index (χ0) is 13.0. The minimum Gasteiger partial charge on any atom is -0.507 e. The molecule has 18 heavy (non-hydrogen) atoms. The predicted octanol–water partition coefficient (Wildman–Crippen LogP) is 1.79. The number of ether oxygens (including phenoxy) is 1. The predicted molar refractivity (Wildman–Crippen MR) is 68.3 cm³/mol. The molecule has 0 amide bonds. The molecule has 5 nitrogen and oxygen atoms in total. The number of hydrogen-bond donors (Lipinski definition) is 2. The molecule has 5 heteroatoms. The van der Waals surface area contributed by atoms with Gasteiger partial charge in [-0.25, -0.2) is 9.97 Å². The van der Waals surface area contributed by atoms with Crippen LogP contribution in [-0.4, -0.2) is 28.4 Å². The van der Waals surface area contributed by atoms with E-state index in [0.29, 0.717) is 17.1 Å². The highest BCUT2D eigenvalue weighted by atomic mass is 16.5. The van der Waals surface area contributed by atoms with E-state index < -0.39 is 0 Å². The summed E-state index contributed by atoms with van der Waals surface area (Å²) in [4.78, 5) is 8.35. The summed E-state index contributed by atoms with van der Waals surface area (Å²) in [5.74, 6) is 1.21. The molecule has 0 saturated carbocycles. The third-order valence-corrected chi connectivity index (χ3v) is 2.49. The smallest absolute Gasteiger partial charge is 0.163 e. The number of hydrogen-bond acceptors (Lipinski definition) is 5. The second-order valence-electron chi connectivity index (χ2n) is 3.81. The summed E-state index contributed by atoms with van der Waals surface area (Å²) in [6.45, 7) is 1.89. The molecule has 0 radical (unpaired) electrons. The average molecular weight is 245 g/mol. The van der Waals surface area contributed by atoms with Crippen LogP contribution in [-0.2, 0) is 0 Å². The second kappa shape index (κ2) is 5.46. The number of nitrogens with zero attached hydrogens (tertiary/aromatic N) is 2. The Morgan fingerprint density at radius 2 is 1.89 bits per heavy atom. The summed E-state index contributed by atoms with van der Waals surface area (Å²) >= 11 is 0. The highest BCUT2D eigenvalue weighted by molar-refractivity contribution is 5.63. The molecular weight excluding hydrogens is 230 g/mol. The van der Waals surface area contributed by atoms with Gasteiger partial charge in [0.05, 0.1) is 18.0 Å². The molecule has 0 aliphatic heterocycles. The Bertz CT molecular complexity index is 514. The van der Waals surface area contributed by atoms with E-state index in [9.17, 15) is 5.11 Å². The van der Waals surface area contributed by atoms with Gasteiger partial charge < -0.3 is 9.84 Å². The Morgan fingerprint density at radius 3 is 2.50 bits per heavy atom. The Morgan fingerprint density at radius 1 is 1.22 bits per heavy atom. The molecule has 0 fully saturated rings. The molecule has 0 aliphatic carbocycles. The molecule has 1 unspecified atom stereocenters. The SMILES string of the molecule is CNC(C)Oc1cnc(-c2ccccc2O)nc1. The van der Waals surface area contributed by atoms with Gasteiger partial charge in [0.2, 0.25) is 0 Å². The van der Waals surface area contributed by atoms with Crippen molar-refractivity contribution in [3.63, 3.8) is 0 Å². The number of nitrogens with one attached hydrogen (secondary N) is 1.